The lowest BCUT2D eigenvalue weighted by Gasteiger charge is -2.10. The lowest BCUT2D eigenvalue weighted by Crippen LogP contribution is -2.27. The van der Waals surface area contributed by atoms with Gasteiger partial charge in [-0.05, 0) is 31.4 Å². The Morgan fingerprint density at radius 2 is 2.09 bits per heavy atom. The number of nitrogens with one attached hydrogen (secondary N) is 1. The van der Waals surface area contributed by atoms with Crippen molar-refractivity contribution in [3.63, 3.8) is 0 Å². The number of hydrogen-bond acceptors (Lipinski definition) is 5. The molecule has 1 aliphatic carbocycles. The lowest BCUT2D eigenvalue weighted by atomic mass is 10.0. The number of anilines is 1. The Labute approximate surface area is 132 Å². The molecule has 4 N–H and O–H groups in total. The summed E-state index contributed by atoms with van der Waals surface area (Å²) in [6, 6.07) is 5.08. The fraction of sp³-hybridized carbons (Fsp3) is 0.250. The van der Waals surface area contributed by atoms with Gasteiger partial charge in [-0.15, -0.1) is 0 Å². The van der Waals surface area contributed by atoms with E-state index in [0.717, 1.165) is 12.8 Å². The van der Waals surface area contributed by atoms with Gasteiger partial charge in [-0.2, -0.15) is 0 Å². The minimum atomic E-state index is -1.01. The van der Waals surface area contributed by atoms with Gasteiger partial charge < -0.3 is 16.2 Å². The molecule has 23 heavy (non-hydrogen) atoms. The van der Waals surface area contributed by atoms with Crippen LogP contribution in [0.2, 0.25) is 0 Å². The molecule has 7 heteroatoms. The molecule has 1 aromatic heterocycles. The molecule has 1 heterocycles. The van der Waals surface area contributed by atoms with Crippen molar-refractivity contribution in [1.82, 2.24) is 15.3 Å². The third kappa shape index (κ3) is 2.98. The van der Waals surface area contributed by atoms with Crippen LogP contribution in [0.1, 0.15) is 39.3 Å². The van der Waals surface area contributed by atoms with Crippen molar-refractivity contribution in [2.24, 2.45) is 0 Å². The predicted octanol–water partition coefficient (Wildman–Crippen LogP) is 1.62. The molecule has 1 aliphatic rings. The van der Waals surface area contributed by atoms with Crippen LogP contribution in [0.5, 0.6) is 0 Å². The normalized spacial score (nSPS) is 13.6. The molecule has 1 saturated carbocycles. The summed E-state index contributed by atoms with van der Waals surface area (Å²) in [5.74, 6) is -1.32. The second kappa shape index (κ2) is 5.68. The number of rotatable bonds is 4. The zero-order chi connectivity index (χ0) is 16.6. The Bertz CT molecular complexity index is 800. The van der Waals surface area contributed by atoms with E-state index in [1.807, 2.05) is 0 Å². The van der Waals surface area contributed by atoms with Crippen molar-refractivity contribution >= 4 is 17.7 Å². The number of nitrogens with zero attached hydrogens (tertiary/aromatic N) is 2. The minimum Gasteiger partial charge on any atom is -0.478 e. The number of carbonyl (C=O) groups excluding carboxylic acids is 1. The lowest BCUT2D eigenvalue weighted by molar-refractivity contribution is 0.0696. The molecule has 2 aromatic rings. The summed E-state index contributed by atoms with van der Waals surface area (Å²) < 4.78 is 0. The van der Waals surface area contributed by atoms with Crippen LogP contribution in [-0.4, -0.2) is 33.0 Å². The Morgan fingerprint density at radius 3 is 2.74 bits per heavy atom. The first-order valence-corrected chi connectivity index (χ1v) is 7.24. The Hall–Kier alpha value is -2.96. The van der Waals surface area contributed by atoms with Gasteiger partial charge in [-0.25, -0.2) is 14.8 Å². The predicted molar refractivity (Wildman–Crippen MR) is 84.1 cm³/mol. The average molecular weight is 312 g/mol. The summed E-state index contributed by atoms with van der Waals surface area (Å²) in [5, 5.41) is 12.0. The molecule has 0 spiro atoms. The van der Waals surface area contributed by atoms with Crippen LogP contribution in [0.3, 0.4) is 0 Å². The van der Waals surface area contributed by atoms with E-state index in [1.165, 1.54) is 12.3 Å². The average Bonchev–Trinajstić information content (AvgIpc) is 3.31. The molecule has 0 unspecified atom stereocenters. The number of carboxylic acids is 1. The number of amides is 1. The fourth-order valence-corrected chi connectivity index (χ4v) is 2.32. The van der Waals surface area contributed by atoms with E-state index in [9.17, 15) is 14.7 Å². The van der Waals surface area contributed by atoms with Crippen molar-refractivity contribution < 1.29 is 14.7 Å². The molecule has 7 nitrogen and oxygen atoms in total. The summed E-state index contributed by atoms with van der Waals surface area (Å²) in [5.41, 5.74) is 7.59. The number of nitrogen functional groups attached to an aromatic ring is 1. The zero-order valence-corrected chi connectivity index (χ0v) is 12.5. The van der Waals surface area contributed by atoms with Crippen molar-refractivity contribution in [2.45, 2.75) is 25.8 Å². The second-order valence-corrected chi connectivity index (χ2v) is 5.52. The molecule has 0 saturated heterocycles. The molecule has 1 amide bonds. The van der Waals surface area contributed by atoms with Crippen molar-refractivity contribution in [3.05, 3.63) is 41.2 Å². The van der Waals surface area contributed by atoms with Gasteiger partial charge in [0.05, 0.1) is 17.5 Å². The highest BCUT2D eigenvalue weighted by Gasteiger charge is 2.26. The minimum absolute atomic E-state index is 0.0546. The number of aromatic carboxylic acids is 1. The van der Waals surface area contributed by atoms with Crippen LogP contribution in [0.25, 0.3) is 11.3 Å². The molecule has 0 atom stereocenters. The molecule has 118 valence electrons. The highest BCUT2D eigenvalue weighted by Crippen LogP contribution is 2.25. The van der Waals surface area contributed by atoms with Crippen LogP contribution < -0.4 is 11.1 Å². The topological polar surface area (TPSA) is 118 Å². The van der Waals surface area contributed by atoms with E-state index in [4.69, 9.17) is 5.73 Å². The first-order chi connectivity index (χ1) is 11.0. The molecule has 0 radical (unpaired) electrons. The van der Waals surface area contributed by atoms with Gasteiger partial charge in [-0.1, -0.05) is 12.1 Å². The van der Waals surface area contributed by atoms with Gasteiger partial charge in [0.2, 0.25) is 0 Å². The molecule has 1 aromatic carbocycles. The maximum Gasteiger partial charge on any atom is 0.335 e. The highest BCUT2D eigenvalue weighted by molar-refractivity contribution is 5.97. The molecule has 1 fully saturated rings. The SMILES string of the molecule is Cc1c(C(=O)O)cccc1-c1cnc(N)c(C(=O)NC2CC2)n1. The van der Waals surface area contributed by atoms with Gasteiger partial charge in [-0.3, -0.25) is 4.79 Å². The van der Waals surface area contributed by atoms with Crippen LogP contribution in [0.4, 0.5) is 5.82 Å². The van der Waals surface area contributed by atoms with Gasteiger partial charge in [0.1, 0.15) is 0 Å². The smallest absolute Gasteiger partial charge is 0.335 e. The summed E-state index contributed by atoms with van der Waals surface area (Å²) in [6.07, 6.45) is 3.36. The Balaban J connectivity index is 2.02. The van der Waals surface area contributed by atoms with Gasteiger partial charge in [0.25, 0.3) is 5.91 Å². The molecule has 0 aliphatic heterocycles. The first kappa shape index (κ1) is 15.0. The fourth-order valence-electron chi connectivity index (χ4n) is 2.32. The zero-order valence-electron chi connectivity index (χ0n) is 12.5. The van der Waals surface area contributed by atoms with E-state index < -0.39 is 5.97 Å². The van der Waals surface area contributed by atoms with E-state index in [2.05, 4.69) is 15.3 Å². The van der Waals surface area contributed by atoms with Crippen LogP contribution in [0.15, 0.2) is 24.4 Å². The van der Waals surface area contributed by atoms with E-state index >= 15 is 0 Å². The summed E-state index contributed by atoms with van der Waals surface area (Å²) in [6.45, 7) is 1.70. The maximum atomic E-state index is 12.2. The van der Waals surface area contributed by atoms with E-state index in [-0.39, 0.29) is 29.0 Å². The van der Waals surface area contributed by atoms with Gasteiger partial charge in [0, 0.05) is 11.6 Å². The summed E-state index contributed by atoms with van der Waals surface area (Å²) in [7, 11) is 0. The van der Waals surface area contributed by atoms with Crippen LogP contribution in [-0.2, 0) is 0 Å². The van der Waals surface area contributed by atoms with Crippen molar-refractivity contribution in [3.8, 4) is 11.3 Å². The number of hydrogen-bond donors (Lipinski definition) is 3. The third-order valence-electron chi connectivity index (χ3n) is 3.77. The Morgan fingerprint density at radius 1 is 1.35 bits per heavy atom. The maximum absolute atomic E-state index is 12.2. The largest absolute Gasteiger partial charge is 0.478 e. The summed E-state index contributed by atoms with van der Waals surface area (Å²) in [4.78, 5) is 31.7. The third-order valence-corrected chi connectivity index (χ3v) is 3.77. The highest BCUT2D eigenvalue weighted by atomic mass is 16.4. The number of carboxylic acid groups (broad SMARTS) is 1. The van der Waals surface area contributed by atoms with E-state index in [1.54, 1.807) is 19.1 Å². The standard InChI is InChI=1S/C16H16N4O3/c1-8-10(3-2-4-11(8)16(22)23)12-7-18-14(17)13(20-12)15(21)19-9-5-6-9/h2-4,7,9H,5-6H2,1H3,(H2,17,18)(H,19,21)(H,22,23). The molecule has 0 bridgehead atoms. The van der Waals surface area contributed by atoms with Crippen LogP contribution in [0, 0.1) is 6.92 Å². The second-order valence-electron chi connectivity index (χ2n) is 5.52. The van der Waals surface area contributed by atoms with E-state index in [0.29, 0.717) is 16.8 Å². The van der Waals surface area contributed by atoms with Crippen molar-refractivity contribution in [1.29, 1.82) is 0 Å². The monoisotopic (exact) mass is 312 g/mol. The number of nitrogens with two attached hydrogens (primary N) is 1. The number of aromatic nitrogens is 2. The molecule has 3 rings (SSSR count). The Kier molecular flexibility index (Phi) is 3.69. The number of benzene rings is 1. The van der Waals surface area contributed by atoms with Gasteiger partial charge >= 0.3 is 5.97 Å². The number of carbonyl (C=O) groups is 2. The quantitative estimate of drug-likeness (QED) is 0.789. The first-order valence-electron chi connectivity index (χ1n) is 7.24. The molecular weight excluding hydrogens is 296 g/mol. The van der Waals surface area contributed by atoms with Crippen molar-refractivity contribution in [2.75, 3.05) is 5.73 Å². The van der Waals surface area contributed by atoms with Gasteiger partial charge in [0.15, 0.2) is 11.5 Å². The summed E-state index contributed by atoms with van der Waals surface area (Å²) >= 11 is 0. The molecular formula is C16H16N4O3. The van der Waals surface area contributed by atoms with Crippen LogP contribution >= 0.6 is 0 Å².